The lowest BCUT2D eigenvalue weighted by molar-refractivity contribution is -0.134. The second kappa shape index (κ2) is 4.44. The highest BCUT2D eigenvalue weighted by molar-refractivity contribution is 6.00. The molecular weight excluding hydrogens is 262 g/mol. The number of carbonyl (C=O) groups excluding carboxylic acids is 2. The largest absolute Gasteiger partial charge is 0.477 e. The Labute approximate surface area is 113 Å². The van der Waals surface area contributed by atoms with E-state index in [9.17, 15) is 14.4 Å². The van der Waals surface area contributed by atoms with Crippen LogP contribution in [0.25, 0.3) is 5.52 Å². The van der Waals surface area contributed by atoms with Gasteiger partial charge in [-0.3, -0.25) is 14.9 Å². The van der Waals surface area contributed by atoms with E-state index in [1.807, 2.05) is 0 Å². The fourth-order valence-corrected chi connectivity index (χ4v) is 2.34. The van der Waals surface area contributed by atoms with Crippen LogP contribution in [0.5, 0.6) is 0 Å². The average molecular weight is 273 g/mol. The molecule has 1 fully saturated rings. The van der Waals surface area contributed by atoms with Crippen LogP contribution in [0.2, 0.25) is 0 Å². The van der Waals surface area contributed by atoms with Crippen molar-refractivity contribution in [1.29, 1.82) is 0 Å². The van der Waals surface area contributed by atoms with Crippen molar-refractivity contribution in [2.45, 2.75) is 18.8 Å². The maximum absolute atomic E-state index is 11.8. The zero-order valence-corrected chi connectivity index (χ0v) is 10.4. The van der Waals surface area contributed by atoms with Gasteiger partial charge in [0, 0.05) is 6.42 Å². The first-order chi connectivity index (χ1) is 9.56. The molecule has 0 aromatic carbocycles. The molecule has 1 aliphatic rings. The maximum atomic E-state index is 11.8. The highest BCUT2D eigenvalue weighted by Gasteiger charge is 2.30. The van der Waals surface area contributed by atoms with E-state index in [1.165, 1.54) is 10.6 Å². The first kappa shape index (κ1) is 12.3. The SMILES string of the molecule is O=C1CCC(c2cc3cccc(C(=O)O)n3n2)C(=O)N1. The number of carbonyl (C=O) groups is 3. The molecule has 0 radical (unpaired) electrons. The van der Waals surface area contributed by atoms with E-state index in [0.717, 1.165) is 0 Å². The molecule has 0 aliphatic carbocycles. The summed E-state index contributed by atoms with van der Waals surface area (Å²) in [6.45, 7) is 0. The molecule has 2 amide bonds. The number of pyridine rings is 1. The summed E-state index contributed by atoms with van der Waals surface area (Å²) in [5, 5.41) is 15.6. The minimum atomic E-state index is -1.09. The number of rotatable bonds is 2. The van der Waals surface area contributed by atoms with Crippen molar-refractivity contribution in [2.24, 2.45) is 0 Å². The van der Waals surface area contributed by atoms with E-state index in [0.29, 0.717) is 17.6 Å². The highest BCUT2D eigenvalue weighted by Crippen LogP contribution is 2.25. The summed E-state index contributed by atoms with van der Waals surface area (Å²) < 4.78 is 1.29. The monoisotopic (exact) mass is 273 g/mol. The smallest absolute Gasteiger partial charge is 0.354 e. The fourth-order valence-electron chi connectivity index (χ4n) is 2.34. The van der Waals surface area contributed by atoms with E-state index in [2.05, 4.69) is 10.4 Å². The molecule has 2 aromatic heterocycles. The second-order valence-electron chi connectivity index (χ2n) is 4.63. The Morgan fingerprint density at radius 3 is 2.90 bits per heavy atom. The Morgan fingerprint density at radius 1 is 1.40 bits per heavy atom. The van der Waals surface area contributed by atoms with Gasteiger partial charge < -0.3 is 5.11 Å². The van der Waals surface area contributed by atoms with Crippen LogP contribution in [0.3, 0.4) is 0 Å². The molecule has 1 unspecified atom stereocenters. The average Bonchev–Trinajstić information content (AvgIpc) is 2.81. The van der Waals surface area contributed by atoms with Crippen molar-refractivity contribution in [3.8, 4) is 0 Å². The van der Waals surface area contributed by atoms with Crippen LogP contribution in [0.15, 0.2) is 24.3 Å². The van der Waals surface area contributed by atoms with E-state index in [4.69, 9.17) is 5.11 Å². The highest BCUT2D eigenvalue weighted by atomic mass is 16.4. The zero-order valence-electron chi connectivity index (χ0n) is 10.4. The van der Waals surface area contributed by atoms with Crippen LogP contribution in [-0.2, 0) is 9.59 Å². The van der Waals surface area contributed by atoms with Gasteiger partial charge in [-0.2, -0.15) is 5.10 Å². The Bertz CT molecular complexity index is 734. The number of amides is 2. The number of hydrogen-bond acceptors (Lipinski definition) is 4. The number of piperidine rings is 1. The summed E-state index contributed by atoms with van der Waals surface area (Å²) in [5.74, 6) is -2.29. The molecule has 1 atom stereocenters. The molecule has 3 rings (SSSR count). The van der Waals surface area contributed by atoms with Crippen LogP contribution >= 0.6 is 0 Å². The summed E-state index contributed by atoms with van der Waals surface area (Å²) in [7, 11) is 0. The predicted octanol–water partition coefficient (Wildman–Crippen LogP) is 0.553. The number of nitrogens with zero attached hydrogens (tertiary/aromatic N) is 2. The first-order valence-electron chi connectivity index (χ1n) is 6.12. The lowest BCUT2D eigenvalue weighted by atomic mass is 9.95. The van der Waals surface area contributed by atoms with Gasteiger partial charge in [0.1, 0.15) is 5.69 Å². The van der Waals surface area contributed by atoms with Gasteiger partial charge in [0.2, 0.25) is 11.8 Å². The molecule has 7 nitrogen and oxygen atoms in total. The molecule has 3 heterocycles. The lowest BCUT2D eigenvalue weighted by Gasteiger charge is -2.18. The minimum absolute atomic E-state index is 0.0287. The molecule has 1 aliphatic heterocycles. The third-order valence-corrected chi connectivity index (χ3v) is 3.32. The standard InChI is InChI=1S/C13H11N3O4/c17-11-5-4-8(12(18)14-11)9-6-7-2-1-3-10(13(19)20)16(7)15-9/h1-3,6,8H,4-5H2,(H,19,20)(H,14,17,18). The molecule has 7 heteroatoms. The Hall–Kier alpha value is -2.70. The maximum Gasteiger partial charge on any atom is 0.354 e. The summed E-state index contributed by atoms with van der Waals surface area (Å²) in [5.41, 5.74) is 1.11. The van der Waals surface area contributed by atoms with E-state index in [1.54, 1.807) is 18.2 Å². The predicted molar refractivity (Wildman–Crippen MR) is 67.3 cm³/mol. The number of carboxylic acids is 1. The van der Waals surface area contributed by atoms with Crippen molar-refractivity contribution in [3.63, 3.8) is 0 Å². The second-order valence-corrected chi connectivity index (χ2v) is 4.63. The molecule has 0 saturated carbocycles. The van der Waals surface area contributed by atoms with Gasteiger partial charge in [-0.1, -0.05) is 6.07 Å². The van der Waals surface area contributed by atoms with Crippen LogP contribution < -0.4 is 5.32 Å². The normalized spacial score (nSPS) is 19.1. The van der Waals surface area contributed by atoms with Crippen LogP contribution in [0.1, 0.15) is 34.9 Å². The topological polar surface area (TPSA) is 101 Å². The number of aromatic nitrogens is 2. The quantitative estimate of drug-likeness (QED) is 0.778. The third-order valence-electron chi connectivity index (χ3n) is 3.32. The lowest BCUT2D eigenvalue weighted by Crippen LogP contribution is -2.39. The third kappa shape index (κ3) is 1.93. The number of hydrogen-bond donors (Lipinski definition) is 2. The summed E-state index contributed by atoms with van der Waals surface area (Å²) >= 11 is 0. The Balaban J connectivity index is 2.05. The molecule has 1 saturated heterocycles. The minimum Gasteiger partial charge on any atom is -0.477 e. The Kier molecular flexibility index (Phi) is 2.74. The van der Waals surface area contributed by atoms with Crippen LogP contribution in [0, 0.1) is 0 Å². The van der Waals surface area contributed by atoms with Crippen molar-refractivity contribution in [2.75, 3.05) is 0 Å². The van der Waals surface area contributed by atoms with Gasteiger partial charge in [0.15, 0.2) is 0 Å². The van der Waals surface area contributed by atoms with Crippen LogP contribution in [-0.4, -0.2) is 32.5 Å². The van der Waals surface area contributed by atoms with Gasteiger partial charge in [-0.05, 0) is 24.6 Å². The van der Waals surface area contributed by atoms with Gasteiger partial charge in [0.25, 0.3) is 0 Å². The zero-order chi connectivity index (χ0) is 14.3. The van der Waals surface area contributed by atoms with Crippen LogP contribution in [0.4, 0.5) is 0 Å². The fraction of sp³-hybridized carbons (Fsp3) is 0.231. The Morgan fingerprint density at radius 2 is 2.20 bits per heavy atom. The van der Waals surface area contributed by atoms with E-state index < -0.39 is 11.9 Å². The number of nitrogens with one attached hydrogen (secondary N) is 1. The van der Waals surface area contributed by atoms with Crippen molar-refractivity contribution in [1.82, 2.24) is 14.9 Å². The molecular formula is C13H11N3O4. The number of imide groups is 1. The molecule has 0 spiro atoms. The number of carboxylic acid groups (broad SMARTS) is 1. The number of aromatic carboxylic acids is 1. The molecule has 102 valence electrons. The summed E-state index contributed by atoms with van der Waals surface area (Å²) in [4.78, 5) is 34.1. The van der Waals surface area contributed by atoms with Crippen molar-refractivity contribution >= 4 is 23.3 Å². The molecule has 20 heavy (non-hydrogen) atoms. The summed E-state index contributed by atoms with van der Waals surface area (Å²) in [6, 6.07) is 6.45. The molecule has 2 aromatic rings. The van der Waals surface area contributed by atoms with Gasteiger partial charge in [0.05, 0.1) is 17.1 Å². The van der Waals surface area contributed by atoms with Gasteiger partial charge >= 0.3 is 5.97 Å². The van der Waals surface area contributed by atoms with Gasteiger partial charge in [-0.25, -0.2) is 9.31 Å². The van der Waals surface area contributed by atoms with E-state index in [-0.39, 0.29) is 23.9 Å². The molecule has 0 bridgehead atoms. The van der Waals surface area contributed by atoms with Crippen molar-refractivity contribution in [3.05, 3.63) is 35.7 Å². The molecule has 2 N–H and O–H groups in total. The number of fused-ring (bicyclic) bond motifs is 1. The van der Waals surface area contributed by atoms with Crippen molar-refractivity contribution < 1.29 is 19.5 Å². The van der Waals surface area contributed by atoms with Gasteiger partial charge in [-0.15, -0.1) is 0 Å². The summed E-state index contributed by atoms with van der Waals surface area (Å²) in [6.07, 6.45) is 0.646. The van der Waals surface area contributed by atoms with E-state index >= 15 is 0 Å². The first-order valence-corrected chi connectivity index (χ1v) is 6.12.